The second kappa shape index (κ2) is 3.08. The highest BCUT2D eigenvalue weighted by atomic mass is 14.8. The first-order chi connectivity index (χ1) is 6.85. The second-order valence-corrected chi connectivity index (χ2v) is 5.62. The summed E-state index contributed by atoms with van der Waals surface area (Å²) >= 11 is 0. The van der Waals surface area contributed by atoms with Gasteiger partial charge in [0, 0.05) is 12.0 Å². The van der Waals surface area contributed by atoms with Gasteiger partial charge in [0.15, 0.2) is 0 Å². The van der Waals surface area contributed by atoms with E-state index < -0.39 is 0 Å². The third-order valence-corrected chi connectivity index (χ3v) is 4.13. The van der Waals surface area contributed by atoms with Crippen LogP contribution in [0.4, 0.5) is 0 Å². The lowest BCUT2D eigenvalue weighted by atomic mass is 9.94. The minimum atomic E-state index is 0.284. The molecule has 1 nitrogen and oxygen atoms in total. The molecule has 1 heteroatoms. The maximum atomic E-state index is 6.13. The van der Waals surface area contributed by atoms with E-state index in [1.165, 1.54) is 22.3 Å². The first-order valence-electron chi connectivity index (χ1n) is 5.69. The van der Waals surface area contributed by atoms with Gasteiger partial charge in [-0.2, -0.15) is 0 Å². The fourth-order valence-electron chi connectivity index (χ4n) is 2.59. The van der Waals surface area contributed by atoms with Gasteiger partial charge in [-0.05, 0) is 48.4 Å². The van der Waals surface area contributed by atoms with Crippen molar-refractivity contribution in [1.82, 2.24) is 0 Å². The predicted molar refractivity (Wildman–Crippen MR) is 65.2 cm³/mol. The van der Waals surface area contributed by atoms with Crippen molar-refractivity contribution in [3.8, 4) is 0 Å². The van der Waals surface area contributed by atoms with Crippen molar-refractivity contribution in [2.24, 2.45) is 11.1 Å². The van der Waals surface area contributed by atoms with E-state index in [9.17, 15) is 0 Å². The molecule has 2 atom stereocenters. The van der Waals surface area contributed by atoms with Gasteiger partial charge in [0.05, 0.1) is 0 Å². The normalized spacial score (nSPS) is 27.9. The summed E-state index contributed by atoms with van der Waals surface area (Å²) in [6.45, 7) is 11.1. The van der Waals surface area contributed by atoms with Gasteiger partial charge in [-0.15, -0.1) is 0 Å². The molecular formula is C14H21N. The summed E-state index contributed by atoms with van der Waals surface area (Å²) in [6.07, 6.45) is 0. The number of nitrogens with two attached hydrogens (primary N) is 1. The molecule has 0 spiro atoms. The minimum absolute atomic E-state index is 0.284. The lowest BCUT2D eigenvalue weighted by molar-refractivity contribution is 0.598. The molecule has 0 heterocycles. The Morgan fingerprint density at radius 3 is 1.93 bits per heavy atom. The molecule has 1 saturated carbocycles. The Bertz CT molecular complexity index is 404. The van der Waals surface area contributed by atoms with Gasteiger partial charge in [-0.3, -0.25) is 0 Å². The van der Waals surface area contributed by atoms with Crippen molar-refractivity contribution < 1.29 is 0 Å². The van der Waals surface area contributed by atoms with Gasteiger partial charge in [-0.1, -0.05) is 26.0 Å². The molecule has 82 valence electrons. The molecule has 0 unspecified atom stereocenters. The molecule has 1 aliphatic rings. The number of hydrogen-bond acceptors (Lipinski definition) is 1. The standard InChI is InChI=1S/C14H21N/c1-8-6-10(3)11(7-9(8)2)12-13(15)14(12,4)5/h6-7,12-13H,15H2,1-5H3/t12-,13-/m0/s1. The van der Waals surface area contributed by atoms with Crippen molar-refractivity contribution in [1.29, 1.82) is 0 Å². The zero-order valence-electron chi connectivity index (χ0n) is 10.4. The second-order valence-electron chi connectivity index (χ2n) is 5.62. The predicted octanol–water partition coefficient (Wildman–Crippen LogP) is 3.06. The molecule has 0 aromatic heterocycles. The summed E-state index contributed by atoms with van der Waals surface area (Å²) in [5.41, 5.74) is 12.0. The lowest BCUT2D eigenvalue weighted by Gasteiger charge is -2.10. The van der Waals surface area contributed by atoms with E-state index in [1.807, 2.05) is 0 Å². The maximum Gasteiger partial charge on any atom is 0.0172 e. The van der Waals surface area contributed by atoms with E-state index in [0.29, 0.717) is 12.0 Å². The van der Waals surface area contributed by atoms with Crippen LogP contribution in [0.25, 0.3) is 0 Å². The van der Waals surface area contributed by atoms with Gasteiger partial charge in [0.25, 0.3) is 0 Å². The molecule has 0 amide bonds. The fraction of sp³-hybridized carbons (Fsp3) is 0.571. The van der Waals surface area contributed by atoms with E-state index in [-0.39, 0.29) is 5.41 Å². The number of rotatable bonds is 1. The topological polar surface area (TPSA) is 26.0 Å². The van der Waals surface area contributed by atoms with Gasteiger partial charge in [-0.25, -0.2) is 0 Å². The van der Waals surface area contributed by atoms with Crippen LogP contribution in [0.2, 0.25) is 0 Å². The molecule has 2 N–H and O–H groups in total. The van der Waals surface area contributed by atoms with Crippen molar-refractivity contribution in [3.05, 3.63) is 34.4 Å². The Balaban J connectivity index is 2.43. The van der Waals surface area contributed by atoms with Crippen LogP contribution in [0.3, 0.4) is 0 Å². The highest BCUT2D eigenvalue weighted by Gasteiger charge is 2.56. The van der Waals surface area contributed by atoms with Gasteiger partial charge in [0.1, 0.15) is 0 Å². The Labute approximate surface area is 92.7 Å². The van der Waals surface area contributed by atoms with Crippen LogP contribution in [0, 0.1) is 26.2 Å². The molecule has 15 heavy (non-hydrogen) atoms. The van der Waals surface area contributed by atoms with Crippen LogP contribution in [-0.2, 0) is 0 Å². The van der Waals surface area contributed by atoms with E-state index in [1.54, 1.807) is 0 Å². The smallest absolute Gasteiger partial charge is 0.0172 e. The molecule has 1 aliphatic carbocycles. The van der Waals surface area contributed by atoms with E-state index in [4.69, 9.17) is 5.73 Å². The molecule has 2 rings (SSSR count). The number of aryl methyl sites for hydroxylation is 3. The van der Waals surface area contributed by atoms with Crippen LogP contribution in [-0.4, -0.2) is 6.04 Å². The Morgan fingerprint density at radius 1 is 1.00 bits per heavy atom. The summed E-state index contributed by atoms with van der Waals surface area (Å²) in [4.78, 5) is 0. The molecule has 0 bridgehead atoms. The van der Waals surface area contributed by atoms with Gasteiger partial charge < -0.3 is 5.73 Å². The van der Waals surface area contributed by atoms with E-state index in [2.05, 4.69) is 46.8 Å². The molecule has 0 radical (unpaired) electrons. The van der Waals surface area contributed by atoms with Gasteiger partial charge in [0.2, 0.25) is 0 Å². The first-order valence-corrected chi connectivity index (χ1v) is 5.69. The molecule has 1 fully saturated rings. The summed E-state index contributed by atoms with van der Waals surface area (Å²) in [5, 5.41) is 0. The molecule has 1 aromatic carbocycles. The van der Waals surface area contributed by atoms with Crippen LogP contribution in [0.15, 0.2) is 12.1 Å². The summed E-state index contributed by atoms with van der Waals surface area (Å²) in [6, 6.07) is 4.94. The zero-order chi connectivity index (χ0) is 11.4. The van der Waals surface area contributed by atoms with Crippen LogP contribution >= 0.6 is 0 Å². The molecular weight excluding hydrogens is 182 g/mol. The zero-order valence-corrected chi connectivity index (χ0v) is 10.4. The first kappa shape index (κ1) is 10.7. The van der Waals surface area contributed by atoms with Gasteiger partial charge >= 0.3 is 0 Å². The number of benzene rings is 1. The SMILES string of the molecule is Cc1cc(C)c([C@H]2[C@H](N)C2(C)C)cc1C. The molecule has 0 aliphatic heterocycles. The Hall–Kier alpha value is -0.820. The van der Waals surface area contributed by atoms with Crippen molar-refractivity contribution >= 4 is 0 Å². The van der Waals surface area contributed by atoms with Crippen LogP contribution < -0.4 is 5.73 Å². The van der Waals surface area contributed by atoms with Crippen molar-refractivity contribution in [3.63, 3.8) is 0 Å². The average Bonchev–Trinajstić information content (AvgIpc) is 2.60. The summed E-state index contributed by atoms with van der Waals surface area (Å²) in [7, 11) is 0. The molecule has 1 aromatic rings. The van der Waals surface area contributed by atoms with Crippen LogP contribution in [0.1, 0.15) is 42.0 Å². The summed E-state index contributed by atoms with van der Waals surface area (Å²) < 4.78 is 0. The van der Waals surface area contributed by atoms with Crippen molar-refractivity contribution in [2.75, 3.05) is 0 Å². The minimum Gasteiger partial charge on any atom is -0.327 e. The third-order valence-electron chi connectivity index (χ3n) is 4.13. The highest BCUT2D eigenvalue weighted by molar-refractivity contribution is 5.44. The van der Waals surface area contributed by atoms with E-state index in [0.717, 1.165) is 0 Å². The largest absolute Gasteiger partial charge is 0.327 e. The third kappa shape index (κ3) is 1.50. The Morgan fingerprint density at radius 2 is 1.47 bits per heavy atom. The fourth-order valence-corrected chi connectivity index (χ4v) is 2.59. The maximum absolute atomic E-state index is 6.13. The van der Waals surface area contributed by atoms with Crippen molar-refractivity contribution in [2.45, 2.75) is 46.6 Å². The Kier molecular flexibility index (Phi) is 2.20. The van der Waals surface area contributed by atoms with Crippen LogP contribution in [0.5, 0.6) is 0 Å². The van der Waals surface area contributed by atoms with E-state index >= 15 is 0 Å². The quantitative estimate of drug-likeness (QED) is 0.746. The number of hydrogen-bond donors (Lipinski definition) is 1. The summed E-state index contributed by atoms with van der Waals surface area (Å²) in [5.74, 6) is 0.553. The average molecular weight is 203 g/mol. The molecule has 0 saturated heterocycles. The monoisotopic (exact) mass is 203 g/mol. The lowest BCUT2D eigenvalue weighted by Crippen LogP contribution is -2.06. The highest BCUT2D eigenvalue weighted by Crippen LogP contribution is 2.58.